The number of halogens is 1. The molecule has 1 aromatic carbocycles. The molecule has 0 aliphatic carbocycles. The molecule has 1 rings (SSSR count). The number of hydrogen-bond acceptors (Lipinski definition) is 6. The Morgan fingerprint density at radius 3 is 2.64 bits per heavy atom. The van der Waals surface area contributed by atoms with Crippen LogP contribution in [0, 0.1) is 0 Å². The third kappa shape index (κ3) is 5.01. The third-order valence-electron chi connectivity index (χ3n) is 2.70. The van der Waals surface area contributed by atoms with Crippen molar-refractivity contribution >= 4 is 35.1 Å². The molecule has 120 valence electrons. The fraction of sp³-hybridized carbons (Fsp3) is 0.357. The van der Waals surface area contributed by atoms with Gasteiger partial charge in [0, 0.05) is 17.0 Å². The van der Waals surface area contributed by atoms with Crippen molar-refractivity contribution in [3.8, 4) is 0 Å². The highest BCUT2D eigenvalue weighted by atomic mass is 35.5. The molecular formula is C14H17ClN2O5. The lowest BCUT2D eigenvalue weighted by Gasteiger charge is -2.12. The molecule has 1 unspecified atom stereocenters. The van der Waals surface area contributed by atoms with E-state index in [1.807, 2.05) is 0 Å². The zero-order valence-electron chi connectivity index (χ0n) is 12.2. The van der Waals surface area contributed by atoms with E-state index in [0.29, 0.717) is 5.02 Å². The molecule has 1 aromatic rings. The van der Waals surface area contributed by atoms with E-state index in [1.54, 1.807) is 6.92 Å². The molecule has 7 nitrogen and oxygen atoms in total. The minimum absolute atomic E-state index is 0.178. The Bertz CT molecular complexity index is 576. The van der Waals surface area contributed by atoms with E-state index in [-0.39, 0.29) is 24.3 Å². The van der Waals surface area contributed by atoms with Crippen LogP contribution in [0.1, 0.15) is 23.7 Å². The summed E-state index contributed by atoms with van der Waals surface area (Å²) in [4.78, 5) is 35.0. The first kappa shape index (κ1) is 17.9. The number of esters is 1. The lowest BCUT2D eigenvalue weighted by atomic mass is 10.0. The average Bonchev–Trinajstić information content (AvgIpc) is 2.46. The van der Waals surface area contributed by atoms with Gasteiger partial charge in [0.05, 0.1) is 19.4 Å². The van der Waals surface area contributed by atoms with Crippen LogP contribution in [-0.2, 0) is 14.3 Å². The maximum atomic E-state index is 12.2. The van der Waals surface area contributed by atoms with E-state index in [2.05, 4.69) is 10.1 Å². The minimum atomic E-state index is -1.08. The average molecular weight is 329 g/mol. The summed E-state index contributed by atoms with van der Waals surface area (Å²) in [6.45, 7) is 1.84. The number of nitrogens with one attached hydrogen (secondary N) is 1. The van der Waals surface area contributed by atoms with E-state index < -0.39 is 23.9 Å². The van der Waals surface area contributed by atoms with Gasteiger partial charge < -0.3 is 15.2 Å². The summed E-state index contributed by atoms with van der Waals surface area (Å²) in [7, 11) is 1.18. The molecule has 1 atom stereocenters. The predicted octanol–water partition coefficient (Wildman–Crippen LogP) is 1.98. The summed E-state index contributed by atoms with van der Waals surface area (Å²) in [5.41, 5.74) is 5.93. The number of ketones is 1. The van der Waals surface area contributed by atoms with Crippen LogP contribution in [0.5, 0.6) is 0 Å². The first-order chi connectivity index (χ1) is 10.4. The van der Waals surface area contributed by atoms with Crippen LogP contribution in [0.4, 0.5) is 10.5 Å². The number of rotatable bonds is 6. The Morgan fingerprint density at radius 1 is 1.36 bits per heavy atom. The van der Waals surface area contributed by atoms with Crippen molar-refractivity contribution in [2.45, 2.75) is 19.4 Å². The number of ether oxygens (including phenoxy) is 2. The Morgan fingerprint density at radius 2 is 2.05 bits per heavy atom. The molecule has 0 aliphatic rings. The van der Waals surface area contributed by atoms with Gasteiger partial charge in [0.15, 0.2) is 5.78 Å². The van der Waals surface area contributed by atoms with Gasteiger partial charge in [-0.1, -0.05) is 11.6 Å². The highest BCUT2D eigenvalue weighted by Crippen LogP contribution is 2.23. The van der Waals surface area contributed by atoms with E-state index in [9.17, 15) is 14.4 Å². The predicted molar refractivity (Wildman–Crippen MR) is 81.0 cm³/mol. The van der Waals surface area contributed by atoms with Gasteiger partial charge in [-0.25, -0.2) is 4.79 Å². The fourth-order valence-electron chi connectivity index (χ4n) is 1.68. The van der Waals surface area contributed by atoms with E-state index in [4.69, 9.17) is 22.1 Å². The van der Waals surface area contributed by atoms with Gasteiger partial charge in [-0.2, -0.15) is 0 Å². The van der Waals surface area contributed by atoms with Crippen molar-refractivity contribution in [2.24, 2.45) is 5.73 Å². The standard InChI is InChI=1S/C14H17ClN2O5/c1-3-22-14(20)17-11-6-8(15)4-5-9(11)12(18)7-10(16)13(19)21-2/h4-6,10H,3,7,16H2,1-2H3,(H,17,20). The number of hydrogen-bond donors (Lipinski definition) is 2. The second-order valence-electron chi connectivity index (χ2n) is 4.29. The van der Waals surface area contributed by atoms with Gasteiger partial charge in [-0.3, -0.25) is 14.9 Å². The largest absolute Gasteiger partial charge is 0.468 e. The lowest BCUT2D eigenvalue weighted by molar-refractivity contribution is -0.142. The van der Waals surface area contributed by atoms with Crippen molar-refractivity contribution in [2.75, 3.05) is 19.0 Å². The Hall–Kier alpha value is -2.12. The maximum Gasteiger partial charge on any atom is 0.411 e. The molecule has 1 amide bonds. The Labute approximate surface area is 132 Å². The van der Waals surface area contributed by atoms with Gasteiger partial charge in [-0.05, 0) is 25.1 Å². The lowest BCUT2D eigenvalue weighted by Crippen LogP contribution is -2.34. The molecule has 22 heavy (non-hydrogen) atoms. The van der Waals surface area contributed by atoms with Gasteiger partial charge in [0.2, 0.25) is 0 Å². The minimum Gasteiger partial charge on any atom is -0.468 e. The molecule has 0 aliphatic heterocycles. The van der Waals surface area contributed by atoms with Crippen LogP contribution < -0.4 is 11.1 Å². The second kappa shape index (κ2) is 8.35. The van der Waals surface area contributed by atoms with Gasteiger partial charge >= 0.3 is 12.1 Å². The van der Waals surface area contributed by atoms with Crippen molar-refractivity contribution in [1.29, 1.82) is 0 Å². The van der Waals surface area contributed by atoms with E-state index in [1.165, 1.54) is 25.3 Å². The number of carbonyl (C=O) groups is 3. The fourth-order valence-corrected chi connectivity index (χ4v) is 1.86. The van der Waals surface area contributed by atoms with Gasteiger partial charge in [0.25, 0.3) is 0 Å². The first-order valence-electron chi connectivity index (χ1n) is 6.49. The molecule has 3 N–H and O–H groups in total. The number of methoxy groups -OCH3 is 1. The molecule has 0 fully saturated rings. The van der Waals surface area contributed by atoms with E-state index >= 15 is 0 Å². The number of benzene rings is 1. The first-order valence-corrected chi connectivity index (χ1v) is 6.86. The van der Waals surface area contributed by atoms with Crippen molar-refractivity contribution < 1.29 is 23.9 Å². The van der Waals surface area contributed by atoms with Crippen LogP contribution in [0.15, 0.2) is 18.2 Å². The highest BCUT2D eigenvalue weighted by Gasteiger charge is 2.21. The van der Waals surface area contributed by atoms with Crippen LogP contribution in [0.3, 0.4) is 0 Å². The molecule has 0 saturated heterocycles. The number of carbonyl (C=O) groups excluding carboxylic acids is 3. The van der Waals surface area contributed by atoms with Crippen LogP contribution in [0.2, 0.25) is 5.02 Å². The SMILES string of the molecule is CCOC(=O)Nc1cc(Cl)ccc1C(=O)CC(N)C(=O)OC. The molecule has 0 saturated carbocycles. The normalized spacial score (nSPS) is 11.5. The molecule has 0 aromatic heterocycles. The quantitative estimate of drug-likeness (QED) is 0.610. The monoisotopic (exact) mass is 328 g/mol. The third-order valence-corrected chi connectivity index (χ3v) is 2.94. The summed E-state index contributed by atoms with van der Waals surface area (Å²) < 4.78 is 9.22. The summed E-state index contributed by atoms with van der Waals surface area (Å²) in [5, 5.41) is 2.76. The van der Waals surface area contributed by atoms with Gasteiger partial charge in [0.1, 0.15) is 6.04 Å². The number of Topliss-reactive ketones (excluding diaryl/α,β-unsaturated/α-hetero) is 1. The number of amides is 1. The highest BCUT2D eigenvalue weighted by molar-refractivity contribution is 6.31. The van der Waals surface area contributed by atoms with E-state index in [0.717, 1.165) is 0 Å². The Kier molecular flexibility index (Phi) is 6.81. The zero-order valence-corrected chi connectivity index (χ0v) is 13.0. The molecule has 0 radical (unpaired) electrons. The summed E-state index contributed by atoms with van der Waals surface area (Å²) in [5.74, 6) is -1.12. The molecule has 0 heterocycles. The van der Waals surface area contributed by atoms with Gasteiger partial charge in [-0.15, -0.1) is 0 Å². The van der Waals surface area contributed by atoms with Crippen molar-refractivity contribution in [3.05, 3.63) is 28.8 Å². The molecule has 8 heteroatoms. The Balaban J connectivity index is 2.95. The molecule has 0 bridgehead atoms. The maximum absolute atomic E-state index is 12.2. The second-order valence-corrected chi connectivity index (χ2v) is 4.73. The zero-order chi connectivity index (χ0) is 16.7. The van der Waals surface area contributed by atoms with Crippen molar-refractivity contribution in [1.82, 2.24) is 0 Å². The van der Waals surface area contributed by atoms with Crippen LogP contribution in [-0.4, -0.2) is 37.6 Å². The molecule has 0 spiro atoms. The van der Waals surface area contributed by atoms with Crippen LogP contribution >= 0.6 is 11.6 Å². The summed E-state index contributed by atoms with van der Waals surface area (Å²) >= 11 is 5.86. The summed E-state index contributed by atoms with van der Waals surface area (Å²) in [6, 6.07) is 3.27. The number of anilines is 1. The van der Waals surface area contributed by atoms with Crippen molar-refractivity contribution in [3.63, 3.8) is 0 Å². The molecular weight excluding hydrogens is 312 g/mol. The summed E-state index contributed by atoms with van der Waals surface area (Å²) in [6.07, 6.45) is -0.970. The van der Waals surface area contributed by atoms with Crippen LogP contribution in [0.25, 0.3) is 0 Å². The smallest absolute Gasteiger partial charge is 0.411 e. The number of nitrogens with two attached hydrogens (primary N) is 1. The topological polar surface area (TPSA) is 108 Å².